The third-order valence-electron chi connectivity index (χ3n) is 9.77. The second kappa shape index (κ2) is 7.37. The van der Waals surface area contributed by atoms with Crippen molar-refractivity contribution in [3.05, 3.63) is 23.3 Å². The van der Waals surface area contributed by atoms with Crippen LogP contribution in [-0.4, -0.2) is 74.1 Å². The van der Waals surface area contributed by atoms with Crippen molar-refractivity contribution in [2.45, 2.75) is 83.9 Å². The molecular formula is C26H42N2O4. The predicted octanol–water partition coefficient (Wildman–Crippen LogP) is 2.93. The molecule has 0 spiro atoms. The molecule has 2 bridgehead atoms. The third kappa shape index (κ3) is 2.86. The molecule has 6 heteroatoms. The maximum atomic E-state index is 12.5. The van der Waals surface area contributed by atoms with Crippen LogP contribution >= 0.6 is 0 Å². The summed E-state index contributed by atoms with van der Waals surface area (Å²) in [6, 6.07) is 0. The summed E-state index contributed by atoms with van der Waals surface area (Å²) in [5.74, 6) is 0.595. The van der Waals surface area contributed by atoms with Crippen LogP contribution in [0.1, 0.15) is 47.5 Å². The van der Waals surface area contributed by atoms with E-state index in [4.69, 9.17) is 14.2 Å². The van der Waals surface area contributed by atoms with E-state index in [1.807, 2.05) is 7.05 Å². The molecule has 32 heavy (non-hydrogen) atoms. The average Bonchev–Trinajstić information content (AvgIpc) is 3.09. The summed E-state index contributed by atoms with van der Waals surface area (Å²) in [6.07, 6.45) is 5.82. The third-order valence-corrected chi connectivity index (χ3v) is 9.77. The van der Waals surface area contributed by atoms with Gasteiger partial charge in [0.2, 0.25) is 0 Å². The van der Waals surface area contributed by atoms with Crippen LogP contribution < -0.4 is 5.32 Å². The van der Waals surface area contributed by atoms with Crippen molar-refractivity contribution in [3.63, 3.8) is 0 Å². The molecule has 0 amide bonds. The van der Waals surface area contributed by atoms with E-state index in [-0.39, 0.29) is 48.1 Å². The summed E-state index contributed by atoms with van der Waals surface area (Å²) in [5, 5.41) is 15.8. The van der Waals surface area contributed by atoms with E-state index in [2.05, 4.69) is 71.1 Å². The van der Waals surface area contributed by atoms with E-state index in [9.17, 15) is 5.11 Å². The lowest BCUT2D eigenvalue weighted by Crippen LogP contribution is -2.70. The highest BCUT2D eigenvalue weighted by Gasteiger charge is 2.68. The van der Waals surface area contributed by atoms with Gasteiger partial charge >= 0.3 is 0 Å². The van der Waals surface area contributed by atoms with E-state index < -0.39 is 11.0 Å². The Kier molecular flexibility index (Phi) is 5.30. The quantitative estimate of drug-likeness (QED) is 0.650. The normalized spacial score (nSPS) is 51.4. The van der Waals surface area contributed by atoms with E-state index in [1.165, 1.54) is 11.1 Å². The Hall–Kier alpha value is -0.760. The molecule has 5 aliphatic rings. The van der Waals surface area contributed by atoms with Crippen LogP contribution in [0.25, 0.3) is 0 Å². The van der Waals surface area contributed by atoms with Gasteiger partial charge in [0.05, 0.1) is 17.8 Å². The zero-order valence-electron chi connectivity index (χ0n) is 21.0. The first-order valence-corrected chi connectivity index (χ1v) is 12.4. The lowest BCUT2D eigenvalue weighted by molar-refractivity contribution is -0.255. The second-order valence-electron chi connectivity index (χ2n) is 12.0. The number of likely N-dealkylation sites (N-methyl/N-ethyl adjacent to an activating group) is 1. The highest BCUT2D eigenvalue weighted by Crippen LogP contribution is 2.65. The van der Waals surface area contributed by atoms with Gasteiger partial charge in [-0.15, -0.1) is 0 Å². The summed E-state index contributed by atoms with van der Waals surface area (Å²) < 4.78 is 19.6. The van der Waals surface area contributed by atoms with Gasteiger partial charge in [0.25, 0.3) is 0 Å². The number of rotatable bonds is 3. The number of hydrogen-bond acceptors (Lipinski definition) is 6. The van der Waals surface area contributed by atoms with E-state index in [1.54, 1.807) is 0 Å². The minimum absolute atomic E-state index is 0.00143. The first kappa shape index (κ1) is 23.0. The fraction of sp³-hybridized carbons (Fsp3) is 0.846. The van der Waals surface area contributed by atoms with Gasteiger partial charge in [-0.05, 0) is 58.3 Å². The maximum Gasteiger partial charge on any atom is 0.171 e. The molecule has 1 saturated carbocycles. The summed E-state index contributed by atoms with van der Waals surface area (Å²) in [5.41, 5.74) is 1.14. The van der Waals surface area contributed by atoms with Gasteiger partial charge in [-0.25, -0.2) is 0 Å². The Morgan fingerprint density at radius 2 is 1.91 bits per heavy atom. The van der Waals surface area contributed by atoms with Crippen LogP contribution in [0.2, 0.25) is 0 Å². The van der Waals surface area contributed by atoms with Crippen LogP contribution in [0.3, 0.4) is 0 Å². The van der Waals surface area contributed by atoms with E-state index in [0.29, 0.717) is 5.92 Å². The van der Waals surface area contributed by atoms with Crippen molar-refractivity contribution in [3.8, 4) is 0 Å². The molecule has 0 aromatic rings. The van der Waals surface area contributed by atoms with Crippen molar-refractivity contribution in [2.75, 3.05) is 27.7 Å². The zero-order chi connectivity index (χ0) is 23.2. The number of hydrogen-bond donors (Lipinski definition) is 2. The van der Waals surface area contributed by atoms with Crippen molar-refractivity contribution in [2.24, 2.45) is 28.6 Å². The molecule has 180 valence electrons. The van der Waals surface area contributed by atoms with Crippen LogP contribution in [-0.2, 0) is 14.2 Å². The van der Waals surface area contributed by atoms with Crippen LogP contribution in [0.5, 0.6) is 0 Å². The molecule has 3 aliphatic carbocycles. The minimum atomic E-state index is -0.814. The lowest BCUT2D eigenvalue weighted by Gasteiger charge is -2.65. The Bertz CT molecular complexity index is 838. The number of nitrogens with one attached hydrogen (secondary N) is 1. The summed E-state index contributed by atoms with van der Waals surface area (Å²) in [6.45, 7) is 12.0. The molecule has 10 atom stereocenters. The molecule has 2 saturated heterocycles. The minimum Gasteiger partial charge on any atom is -0.389 e. The molecular weight excluding hydrogens is 404 g/mol. The maximum absolute atomic E-state index is 12.5. The lowest BCUT2D eigenvalue weighted by atomic mass is 9.45. The Labute approximate surface area is 193 Å². The van der Waals surface area contributed by atoms with Crippen molar-refractivity contribution >= 4 is 0 Å². The monoisotopic (exact) mass is 446 g/mol. The summed E-state index contributed by atoms with van der Waals surface area (Å²) >= 11 is 0. The highest BCUT2D eigenvalue weighted by atomic mass is 16.7. The van der Waals surface area contributed by atoms with Crippen molar-refractivity contribution < 1.29 is 19.3 Å². The number of nitrogens with zero attached hydrogens (tertiary/aromatic N) is 1. The smallest absolute Gasteiger partial charge is 0.171 e. The molecule has 5 rings (SSSR count). The number of allylic oxidation sites excluding steroid dienone is 1. The fourth-order valence-corrected chi connectivity index (χ4v) is 8.11. The van der Waals surface area contributed by atoms with Gasteiger partial charge in [0.15, 0.2) is 6.29 Å². The number of fused-ring (bicyclic) bond motifs is 8. The van der Waals surface area contributed by atoms with Crippen LogP contribution in [0, 0.1) is 28.6 Å². The highest BCUT2D eigenvalue weighted by molar-refractivity contribution is 5.38. The largest absolute Gasteiger partial charge is 0.389 e. The number of ether oxygens (including phenoxy) is 3. The first-order valence-electron chi connectivity index (χ1n) is 12.4. The molecule has 6 nitrogen and oxygen atoms in total. The topological polar surface area (TPSA) is 63.2 Å². The van der Waals surface area contributed by atoms with Crippen LogP contribution in [0.15, 0.2) is 23.3 Å². The standard InChI is InChI=1S/C26H42N2O4/c1-14-9-12-26(29)15(2)20-18-16(30-23(18)27-6)10-11-25(20,5)22-21(19(14)24(26,3)4)31-17(32-22)13-28(7)8/h10-11,15-18,20-23,27,29H,9,12-13H2,1-8H3. The molecule has 2 heterocycles. The molecule has 3 fully saturated rings. The van der Waals surface area contributed by atoms with Gasteiger partial charge < -0.3 is 24.2 Å². The van der Waals surface area contributed by atoms with E-state index in [0.717, 1.165) is 19.4 Å². The first-order chi connectivity index (χ1) is 15.0. The van der Waals surface area contributed by atoms with Gasteiger partial charge in [-0.3, -0.25) is 5.32 Å². The van der Waals surface area contributed by atoms with Gasteiger partial charge in [-0.1, -0.05) is 45.4 Å². The Balaban J connectivity index is 1.70. The zero-order valence-corrected chi connectivity index (χ0v) is 21.0. The molecule has 0 radical (unpaired) electrons. The predicted molar refractivity (Wildman–Crippen MR) is 124 cm³/mol. The second-order valence-corrected chi connectivity index (χ2v) is 12.0. The molecule has 2 N–H and O–H groups in total. The molecule has 0 aromatic heterocycles. The van der Waals surface area contributed by atoms with Crippen molar-refractivity contribution in [1.29, 1.82) is 0 Å². The Morgan fingerprint density at radius 1 is 1.19 bits per heavy atom. The number of aliphatic hydroxyl groups is 1. The SMILES string of the molecule is CNC1OC2C=CC3(C)C4OC(CN(C)C)OC4C4=C(C)CCC(O)(C(C)C3C21)C4(C)C. The Morgan fingerprint density at radius 3 is 2.56 bits per heavy atom. The van der Waals surface area contributed by atoms with Gasteiger partial charge in [0, 0.05) is 23.3 Å². The van der Waals surface area contributed by atoms with Crippen molar-refractivity contribution in [1.82, 2.24) is 10.2 Å². The molecule has 0 aromatic carbocycles. The molecule has 2 aliphatic heterocycles. The van der Waals surface area contributed by atoms with Gasteiger partial charge in [-0.2, -0.15) is 0 Å². The van der Waals surface area contributed by atoms with Crippen LogP contribution in [0.4, 0.5) is 0 Å². The average molecular weight is 447 g/mol. The molecule has 10 unspecified atom stereocenters. The summed E-state index contributed by atoms with van der Waals surface area (Å²) in [7, 11) is 6.09. The fourth-order valence-electron chi connectivity index (χ4n) is 8.11. The van der Waals surface area contributed by atoms with E-state index >= 15 is 0 Å². The van der Waals surface area contributed by atoms with Gasteiger partial charge in [0.1, 0.15) is 12.3 Å². The summed E-state index contributed by atoms with van der Waals surface area (Å²) in [4.78, 5) is 2.12.